The third-order valence-corrected chi connectivity index (χ3v) is 1.48. The zero-order valence-corrected chi connectivity index (χ0v) is 8.09. The number of nitrogens with two attached hydrogens (primary N) is 1. The van der Waals surface area contributed by atoms with Crippen molar-refractivity contribution in [2.75, 3.05) is 18.9 Å². The maximum absolute atomic E-state index is 8.50. The minimum atomic E-state index is 0. The minimum Gasteiger partial charge on any atom is -0.491 e. The van der Waals surface area contributed by atoms with Crippen LogP contribution >= 0.6 is 12.4 Å². The van der Waals surface area contributed by atoms with Crippen LogP contribution in [0.3, 0.4) is 0 Å². The van der Waals surface area contributed by atoms with E-state index in [9.17, 15) is 0 Å². The number of nitrogen functional groups attached to an aromatic ring is 1. The Labute approximate surface area is 83.9 Å². The molecule has 0 unspecified atom stereocenters. The van der Waals surface area contributed by atoms with Crippen LogP contribution in [0.15, 0.2) is 24.3 Å². The van der Waals surface area contributed by atoms with E-state index < -0.39 is 0 Å². The summed E-state index contributed by atoms with van der Waals surface area (Å²) in [5, 5.41) is 8.50. The van der Waals surface area contributed by atoms with Gasteiger partial charge in [-0.1, -0.05) is 12.1 Å². The van der Waals surface area contributed by atoms with Gasteiger partial charge in [0, 0.05) is 13.0 Å². The molecule has 3 nitrogen and oxygen atoms in total. The summed E-state index contributed by atoms with van der Waals surface area (Å²) in [6, 6.07) is 7.32. The summed E-state index contributed by atoms with van der Waals surface area (Å²) in [5.41, 5.74) is 6.25. The molecule has 0 saturated heterocycles. The monoisotopic (exact) mass is 203 g/mol. The second-order valence-corrected chi connectivity index (χ2v) is 2.46. The van der Waals surface area contributed by atoms with Crippen LogP contribution in [0.5, 0.6) is 5.75 Å². The highest BCUT2D eigenvalue weighted by Gasteiger charge is 1.96. The Morgan fingerprint density at radius 1 is 1.31 bits per heavy atom. The van der Waals surface area contributed by atoms with Gasteiger partial charge in [0.25, 0.3) is 0 Å². The molecule has 0 fully saturated rings. The van der Waals surface area contributed by atoms with Crippen molar-refractivity contribution >= 4 is 18.1 Å². The number of anilines is 1. The highest BCUT2D eigenvalue weighted by molar-refractivity contribution is 5.85. The number of rotatable bonds is 4. The molecule has 4 heteroatoms. The molecule has 1 aromatic carbocycles. The summed E-state index contributed by atoms with van der Waals surface area (Å²) >= 11 is 0. The van der Waals surface area contributed by atoms with Crippen molar-refractivity contribution in [1.82, 2.24) is 0 Å². The minimum absolute atomic E-state index is 0. The van der Waals surface area contributed by atoms with E-state index in [1.54, 1.807) is 6.07 Å². The fourth-order valence-electron chi connectivity index (χ4n) is 0.859. The zero-order valence-electron chi connectivity index (χ0n) is 7.27. The van der Waals surface area contributed by atoms with Crippen LogP contribution in [-0.4, -0.2) is 18.3 Å². The molecule has 0 radical (unpaired) electrons. The number of benzene rings is 1. The van der Waals surface area contributed by atoms with E-state index >= 15 is 0 Å². The molecule has 74 valence electrons. The first kappa shape index (κ1) is 12.1. The largest absolute Gasteiger partial charge is 0.491 e. The smallest absolute Gasteiger partial charge is 0.142 e. The molecule has 0 atom stereocenters. The van der Waals surface area contributed by atoms with Crippen LogP contribution in [0.25, 0.3) is 0 Å². The lowest BCUT2D eigenvalue weighted by atomic mass is 10.3. The van der Waals surface area contributed by atoms with E-state index in [0.717, 1.165) is 0 Å². The van der Waals surface area contributed by atoms with E-state index in [-0.39, 0.29) is 19.0 Å². The standard InChI is InChI=1S/C9H13NO2.ClH/c10-8-4-1-2-5-9(8)12-7-3-6-11;/h1-2,4-5,11H,3,6-7,10H2;1H. The molecule has 13 heavy (non-hydrogen) atoms. The highest BCUT2D eigenvalue weighted by Crippen LogP contribution is 2.19. The fourth-order valence-corrected chi connectivity index (χ4v) is 0.859. The van der Waals surface area contributed by atoms with Crippen molar-refractivity contribution in [2.45, 2.75) is 6.42 Å². The Hall–Kier alpha value is -0.930. The summed E-state index contributed by atoms with van der Waals surface area (Å²) in [5.74, 6) is 0.686. The Bertz CT molecular complexity index is 243. The van der Waals surface area contributed by atoms with Crippen molar-refractivity contribution < 1.29 is 9.84 Å². The number of hydrogen-bond acceptors (Lipinski definition) is 3. The van der Waals surface area contributed by atoms with Gasteiger partial charge in [-0.3, -0.25) is 0 Å². The van der Waals surface area contributed by atoms with Gasteiger partial charge >= 0.3 is 0 Å². The van der Waals surface area contributed by atoms with E-state index in [0.29, 0.717) is 24.5 Å². The van der Waals surface area contributed by atoms with E-state index in [1.807, 2.05) is 18.2 Å². The number of aliphatic hydroxyl groups is 1. The summed E-state index contributed by atoms with van der Waals surface area (Å²) in [4.78, 5) is 0. The van der Waals surface area contributed by atoms with Crippen LogP contribution < -0.4 is 10.5 Å². The molecule has 0 aliphatic rings. The van der Waals surface area contributed by atoms with Gasteiger partial charge in [-0.05, 0) is 12.1 Å². The van der Waals surface area contributed by atoms with E-state index in [2.05, 4.69) is 0 Å². The molecule has 0 saturated carbocycles. The first-order chi connectivity index (χ1) is 5.84. The fraction of sp³-hybridized carbons (Fsp3) is 0.333. The van der Waals surface area contributed by atoms with Gasteiger partial charge in [-0.2, -0.15) is 0 Å². The van der Waals surface area contributed by atoms with Crippen molar-refractivity contribution in [3.05, 3.63) is 24.3 Å². The molecule has 3 N–H and O–H groups in total. The summed E-state index contributed by atoms with van der Waals surface area (Å²) in [6.45, 7) is 0.650. The molecule has 1 rings (SSSR count). The lowest BCUT2D eigenvalue weighted by molar-refractivity contribution is 0.234. The molecule has 0 aliphatic heterocycles. The molecule has 0 bridgehead atoms. The predicted molar refractivity (Wildman–Crippen MR) is 55.3 cm³/mol. The molecule has 0 amide bonds. The first-order valence-electron chi connectivity index (χ1n) is 3.93. The topological polar surface area (TPSA) is 55.5 Å². The van der Waals surface area contributed by atoms with Gasteiger partial charge in [-0.15, -0.1) is 12.4 Å². The second-order valence-electron chi connectivity index (χ2n) is 2.46. The quantitative estimate of drug-likeness (QED) is 0.575. The third-order valence-electron chi connectivity index (χ3n) is 1.48. The lowest BCUT2D eigenvalue weighted by Gasteiger charge is -2.06. The zero-order chi connectivity index (χ0) is 8.81. The van der Waals surface area contributed by atoms with Gasteiger partial charge < -0.3 is 15.6 Å². The van der Waals surface area contributed by atoms with E-state index in [4.69, 9.17) is 15.6 Å². The highest BCUT2D eigenvalue weighted by atomic mass is 35.5. The first-order valence-corrected chi connectivity index (χ1v) is 3.93. The molecule has 0 aliphatic carbocycles. The summed E-state index contributed by atoms with van der Waals surface area (Å²) in [7, 11) is 0. The molecule has 0 aromatic heterocycles. The lowest BCUT2D eigenvalue weighted by Crippen LogP contribution is -2.01. The Morgan fingerprint density at radius 3 is 2.62 bits per heavy atom. The summed E-state index contributed by atoms with van der Waals surface area (Å²) in [6.07, 6.45) is 0.633. The molecule has 1 aromatic rings. The van der Waals surface area contributed by atoms with Gasteiger partial charge in [0.15, 0.2) is 0 Å². The Kier molecular flexibility index (Phi) is 6.10. The van der Waals surface area contributed by atoms with Gasteiger partial charge in [0.05, 0.1) is 12.3 Å². The van der Waals surface area contributed by atoms with Crippen LogP contribution in [0.1, 0.15) is 6.42 Å². The number of ether oxygens (including phenoxy) is 1. The average molecular weight is 204 g/mol. The van der Waals surface area contributed by atoms with Crippen molar-refractivity contribution in [2.24, 2.45) is 0 Å². The average Bonchev–Trinajstić information content (AvgIpc) is 2.09. The maximum Gasteiger partial charge on any atom is 0.142 e. The van der Waals surface area contributed by atoms with Crippen LogP contribution in [0.2, 0.25) is 0 Å². The summed E-state index contributed by atoms with van der Waals surface area (Å²) < 4.78 is 5.29. The number of halogens is 1. The normalized spacial score (nSPS) is 9.00. The van der Waals surface area contributed by atoms with Gasteiger partial charge in [-0.25, -0.2) is 0 Å². The molecular formula is C9H14ClNO2. The van der Waals surface area contributed by atoms with Gasteiger partial charge in [0.1, 0.15) is 5.75 Å². The molecule has 0 heterocycles. The SMILES string of the molecule is Cl.Nc1ccccc1OCCCO. The number of hydrogen-bond donors (Lipinski definition) is 2. The second kappa shape index (κ2) is 6.57. The number of aliphatic hydroxyl groups excluding tert-OH is 1. The van der Waals surface area contributed by atoms with E-state index in [1.165, 1.54) is 0 Å². The van der Waals surface area contributed by atoms with Gasteiger partial charge in [0.2, 0.25) is 0 Å². The van der Waals surface area contributed by atoms with Crippen molar-refractivity contribution in [1.29, 1.82) is 0 Å². The molecular weight excluding hydrogens is 190 g/mol. The Balaban J connectivity index is 0.00000144. The van der Waals surface area contributed by atoms with Crippen LogP contribution in [0.4, 0.5) is 5.69 Å². The number of para-hydroxylation sites is 2. The molecule has 0 spiro atoms. The van der Waals surface area contributed by atoms with Crippen LogP contribution in [-0.2, 0) is 0 Å². The maximum atomic E-state index is 8.50. The van der Waals surface area contributed by atoms with Crippen molar-refractivity contribution in [3.8, 4) is 5.75 Å². The third kappa shape index (κ3) is 4.01. The van der Waals surface area contributed by atoms with Crippen LogP contribution in [0, 0.1) is 0 Å². The van der Waals surface area contributed by atoms with Crippen molar-refractivity contribution in [3.63, 3.8) is 0 Å². The Morgan fingerprint density at radius 2 is 2.00 bits per heavy atom. The predicted octanol–water partition coefficient (Wildman–Crippen LogP) is 1.45.